The fourth-order valence-electron chi connectivity index (χ4n) is 1.88. The van der Waals surface area contributed by atoms with Gasteiger partial charge in [0.2, 0.25) is 0 Å². The minimum atomic E-state index is -0.216. The predicted octanol–water partition coefficient (Wildman–Crippen LogP) is 2.99. The number of nitrogens with zero attached hydrogens (tertiary/aromatic N) is 2. The Kier molecular flexibility index (Phi) is 7.15. The second kappa shape index (κ2) is 8.61. The maximum atomic E-state index is 14.0. The molecule has 124 valence electrons. The van der Waals surface area contributed by atoms with E-state index in [1.54, 1.807) is 17.0 Å². The summed E-state index contributed by atoms with van der Waals surface area (Å²) in [7, 11) is 3.66. The summed E-state index contributed by atoms with van der Waals surface area (Å²) in [5.41, 5.74) is 1.45. The van der Waals surface area contributed by atoms with Gasteiger partial charge in [-0.25, -0.2) is 9.38 Å². The summed E-state index contributed by atoms with van der Waals surface area (Å²) in [5.74, 6) is 1.06. The van der Waals surface area contributed by atoms with E-state index in [0.29, 0.717) is 24.2 Å². The molecule has 0 aliphatic carbocycles. The molecule has 1 aromatic rings. The zero-order valence-corrected chi connectivity index (χ0v) is 14.6. The number of hydrogen-bond acceptors (Lipinski definition) is 2. The molecule has 0 amide bonds. The Hall–Kier alpha value is -1.78. The molecule has 22 heavy (non-hydrogen) atoms. The highest BCUT2D eigenvalue weighted by atomic mass is 19.1. The van der Waals surface area contributed by atoms with Gasteiger partial charge in [0.25, 0.3) is 0 Å². The molecule has 0 saturated carbocycles. The van der Waals surface area contributed by atoms with Gasteiger partial charge in [-0.3, -0.25) is 0 Å². The van der Waals surface area contributed by atoms with E-state index in [0.717, 1.165) is 18.1 Å². The Balaban J connectivity index is 2.79. The fraction of sp³-hybridized carbons (Fsp3) is 0.588. The van der Waals surface area contributed by atoms with Crippen molar-refractivity contribution in [1.82, 2.24) is 10.6 Å². The molecule has 0 spiro atoms. The average molecular weight is 308 g/mol. The second-order valence-electron chi connectivity index (χ2n) is 6.05. The summed E-state index contributed by atoms with van der Waals surface area (Å²) in [6.07, 6.45) is 0. The number of benzene rings is 1. The molecule has 5 heteroatoms. The zero-order valence-electron chi connectivity index (χ0n) is 14.6. The molecule has 1 aromatic carbocycles. The third kappa shape index (κ3) is 5.54. The molecule has 1 rings (SSSR count). The Labute approximate surface area is 133 Å². The summed E-state index contributed by atoms with van der Waals surface area (Å²) in [6, 6.07) is 5.58. The van der Waals surface area contributed by atoms with E-state index in [1.165, 1.54) is 0 Å². The first-order valence-corrected chi connectivity index (χ1v) is 7.85. The van der Waals surface area contributed by atoms with E-state index in [-0.39, 0.29) is 5.82 Å². The van der Waals surface area contributed by atoms with Crippen molar-refractivity contribution < 1.29 is 4.39 Å². The van der Waals surface area contributed by atoms with E-state index < -0.39 is 0 Å². The van der Waals surface area contributed by atoms with Crippen molar-refractivity contribution >= 4 is 11.6 Å². The van der Waals surface area contributed by atoms with Crippen LogP contribution >= 0.6 is 0 Å². The quantitative estimate of drug-likeness (QED) is 0.627. The molecule has 0 bridgehead atoms. The van der Waals surface area contributed by atoms with Gasteiger partial charge >= 0.3 is 0 Å². The number of hydrogen-bond donors (Lipinski definition) is 2. The second-order valence-corrected chi connectivity index (χ2v) is 6.05. The van der Waals surface area contributed by atoms with Crippen LogP contribution in [0.1, 0.15) is 33.3 Å². The van der Waals surface area contributed by atoms with Crippen LogP contribution in [0, 0.1) is 11.7 Å². The van der Waals surface area contributed by atoms with Crippen molar-refractivity contribution in [2.45, 2.75) is 40.3 Å². The number of guanidine groups is 1. The van der Waals surface area contributed by atoms with Crippen molar-refractivity contribution in [3.05, 3.63) is 29.6 Å². The molecule has 2 N–H and O–H groups in total. The molecule has 0 saturated heterocycles. The molecule has 0 aliphatic heterocycles. The van der Waals surface area contributed by atoms with Gasteiger partial charge in [-0.15, -0.1) is 0 Å². The first kappa shape index (κ1) is 18.3. The Morgan fingerprint density at radius 1 is 1.27 bits per heavy atom. The van der Waals surface area contributed by atoms with Gasteiger partial charge in [-0.05, 0) is 37.5 Å². The number of aliphatic imine (C=N–C) groups is 1. The topological polar surface area (TPSA) is 39.7 Å². The molecule has 1 unspecified atom stereocenters. The van der Waals surface area contributed by atoms with Crippen LogP contribution in [0.2, 0.25) is 0 Å². The van der Waals surface area contributed by atoms with E-state index in [1.807, 2.05) is 27.1 Å². The molecule has 0 fully saturated rings. The van der Waals surface area contributed by atoms with Crippen molar-refractivity contribution in [3.8, 4) is 0 Å². The first-order chi connectivity index (χ1) is 10.3. The van der Waals surface area contributed by atoms with Crippen molar-refractivity contribution in [1.29, 1.82) is 0 Å². The van der Waals surface area contributed by atoms with Crippen molar-refractivity contribution in [2.75, 3.05) is 25.5 Å². The summed E-state index contributed by atoms with van der Waals surface area (Å²) in [4.78, 5) is 6.30. The number of nitrogens with one attached hydrogen (secondary N) is 2. The van der Waals surface area contributed by atoms with Crippen LogP contribution in [0.15, 0.2) is 23.2 Å². The summed E-state index contributed by atoms with van der Waals surface area (Å²) in [5, 5.41) is 6.59. The van der Waals surface area contributed by atoms with Crippen LogP contribution in [-0.2, 0) is 6.54 Å². The molecular weight excluding hydrogens is 279 g/mol. The normalized spacial score (nSPS) is 13.2. The number of halogens is 1. The standard InChI is InChI=1S/C17H29FN4/c1-7-19-17(21-13(4)12(2)3)20-11-14-8-9-16(22(5)6)15(18)10-14/h8-10,12-13H,7,11H2,1-6H3,(H2,19,20,21). The SMILES string of the molecule is CCNC(=NCc1ccc(N(C)C)c(F)c1)NC(C)C(C)C. The highest BCUT2D eigenvalue weighted by Crippen LogP contribution is 2.18. The van der Waals surface area contributed by atoms with Crippen LogP contribution in [-0.4, -0.2) is 32.6 Å². The summed E-state index contributed by atoms with van der Waals surface area (Å²) < 4.78 is 14.0. The third-order valence-electron chi connectivity index (χ3n) is 3.62. The molecule has 0 heterocycles. The number of rotatable bonds is 6. The lowest BCUT2D eigenvalue weighted by Crippen LogP contribution is -2.44. The largest absolute Gasteiger partial charge is 0.375 e. The zero-order chi connectivity index (χ0) is 16.7. The van der Waals surface area contributed by atoms with Crippen LogP contribution in [0.3, 0.4) is 0 Å². The van der Waals surface area contributed by atoms with Crippen LogP contribution in [0.5, 0.6) is 0 Å². The van der Waals surface area contributed by atoms with Crippen molar-refractivity contribution in [2.24, 2.45) is 10.9 Å². The van der Waals surface area contributed by atoms with Gasteiger partial charge in [0.05, 0.1) is 12.2 Å². The van der Waals surface area contributed by atoms with Crippen LogP contribution in [0.25, 0.3) is 0 Å². The highest BCUT2D eigenvalue weighted by molar-refractivity contribution is 5.80. The average Bonchev–Trinajstić information content (AvgIpc) is 2.44. The predicted molar refractivity (Wildman–Crippen MR) is 93.0 cm³/mol. The fourth-order valence-corrected chi connectivity index (χ4v) is 1.88. The minimum Gasteiger partial charge on any atom is -0.375 e. The van der Waals surface area contributed by atoms with Crippen LogP contribution in [0.4, 0.5) is 10.1 Å². The van der Waals surface area contributed by atoms with Gasteiger partial charge in [0.15, 0.2) is 5.96 Å². The maximum Gasteiger partial charge on any atom is 0.191 e. The molecular formula is C17H29FN4. The van der Waals surface area contributed by atoms with Gasteiger partial charge in [-0.1, -0.05) is 19.9 Å². The Bertz CT molecular complexity index is 497. The first-order valence-electron chi connectivity index (χ1n) is 7.85. The highest BCUT2D eigenvalue weighted by Gasteiger charge is 2.09. The lowest BCUT2D eigenvalue weighted by molar-refractivity contribution is 0.481. The van der Waals surface area contributed by atoms with E-state index >= 15 is 0 Å². The van der Waals surface area contributed by atoms with Crippen molar-refractivity contribution in [3.63, 3.8) is 0 Å². The van der Waals surface area contributed by atoms with Gasteiger partial charge in [0, 0.05) is 26.7 Å². The lowest BCUT2D eigenvalue weighted by Gasteiger charge is -2.20. The Morgan fingerprint density at radius 3 is 2.45 bits per heavy atom. The Morgan fingerprint density at radius 2 is 1.95 bits per heavy atom. The molecule has 0 aliphatic rings. The van der Waals surface area contributed by atoms with E-state index in [4.69, 9.17) is 0 Å². The minimum absolute atomic E-state index is 0.216. The van der Waals surface area contributed by atoms with E-state index in [9.17, 15) is 4.39 Å². The molecule has 1 atom stereocenters. The maximum absolute atomic E-state index is 14.0. The molecule has 4 nitrogen and oxygen atoms in total. The molecule has 0 radical (unpaired) electrons. The van der Waals surface area contributed by atoms with E-state index in [2.05, 4.69) is 36.4 Å². The molecule has 0 aromatic heterocycles. The van der Waals surface area contributed by atoms with Gasteiger partial charge in [-0.2, -0.15) is 0 Å². The van der Waals surface area contributed by atoms with Gasteiger partial charge in [0.1, 0.15) is 5.82 Å². The summed E-state index contributed by atoms with van der Waals surface area (Å²) in [6.45, 7) is 9.73. The lowest BCUT2D eigenvalue weighted by atomic mass is 10.1. The monoisotopic (exact) mass is 308 g/mol. The van der Waals surface area contributed by atoms with Gasteiger partial charge < -0.3 is 15.5 Å². The third-order valence-corrected chi connectivity index (χ3v) is 3.62. The smallest absolute Gasteiger partial charge is 0.191 e. The summed E-state index contributed by atoms with van der Waals surface area (Å²) >= 11 is 0. The number of anilines is 1. The van der Waals surface area contributed by atoms with Crippen LogP contribution < -0.4 is 15.5 Å².